The van der Waals surface area contributed by atoms with Crippen molar-refractivity contribution in [3.05, 3.63) is 23.8 Å². The number of fused-ring (bicyclic) bond motifs is 1. The van der Waals surface area contributed by atoms with Crippen LogP contribution in [0.5, 0.6) is 0 Å². The van der Waals surface area contributed by atoms with Gasteiger partial charge in [0.05, 0.1) is 30.9 Å². The quantitative estimate of drug-likeness (QED) is 0.860. The Kier molecular flexibility index (Phi) is 6.07. The summed E-state index contributed by atoms with van der Waals surface area (Å²) in [5, 5.41) is 0.883. The molecule has 1 amide bonds. The fraction of sp³-hybridized carbons (Fsp3) is 0.600. The Morgan fingerprint density at radius 1 is 1.28 bits per heavy atom. The Hall–Kier alpha value is -1.46. The number of quaternary nitrogens is 1. The van der Waals surface area contributed by atoms with Crippen molar-refractivity contribution in [3.63, 3.8) is 0 Å². The van der Waals surface area contributed by atoms with Gasteiger partial charge >= 0.3 is 0 Å². The molecule has 1 heterocycles. The second kappa shape index (κ2) is 8.28. The summed E-state index contributed by atoms with van der Waals surface area (Å²) < 4.78 is 1.18. The summed E-state index contributed by atoms with van der Waals surface area (Å²) >= 11 is 1.66. The van der Waals surface area contributed by atoms with E-state index in [1.165, 1.54) is 34.4 Å². The summed E-state index contributed by atoms with van der Waals surface area (Å²) in [6.45, 7) is 3.94. The third-order valence-corrected chi connectivity index (χ3v) is 6.16. The molecule has 1 aromatic carbocycles. The molecule has 0 bridgehead atoms. The molecular formula is C20H30N3OS+. The molecule has 0 atom stereocenters. The van der Waals surface area contributed by atoms with Crippen molar-refractivity contribution in [1.82, 2.24) is 4.98 Å². The first-order valence-corrected chi connectivity index (χ1v) is 10.3. The molecule has 1 fully saturated rings. The van der Waals surface area contributed by atoms with Gasteiger partial charge in [0.2, 0.25) is 5.91 Å². The fourth-order valence-electron chi connectivity index (χ4n) is 3.65. The smallest absolute Gasteiger partial charge is 0.231 e. The number of nitrogens with one attached hydrogen (secondary N) is 1. The Bertz CT molecular complexity index is 719. The van der Waals surface area contributed by atoms with Crippen LogP contribution in [0.1, 0.15) is 44.1 Å². The number of amides is 1. The lowest BCUT2D eigenvalue weighted by molar-refractivity contribution is -0.858. The zero-order valence-electron chi connectivity index (χ0n) is 15.7. The molecule has 0 radical (unpaired) electrons. The van der Waals surface area contributed by atoms with Crippen molar-refractivity contribution in [2.45, 2.75) is 45.4 Å². The van der Waals surface area contributed by atoms with Gasteiger partial charge in [-0.05, 0) is 31.4 Å². The molecule has 2 aromatic rings. The maximum absolute atomic E-state index is 13.2. The van der Waals surface area contributed by atoms with Crippen LogP contribution in [0.4, 0.5) is 5.13 Å². The van der Waals surface area contributed by atoms with Crippen molar-refractivity contribution < 1.29 is 9.69 Å². The number of carbonyl (C=O) groups is 1. The minimum Gasteiger partial charge on any atom is -0.340 e. The second-order valence-electron chi connectivity index (χ2n) is 7.55. The van der Waals surface area contributed by atoms with E-state index in [2.05, 4.69) is 39.2 Å². The molecular weight excluding hydrogens is 330 g/mol. The molecule has 3 rings (SSSR count). The van der Waals surface area contributed by atoms with Crippen molar-refractivity contribution in [2.75, 3.05) is 32.1 Å². The van der Waals surface area contributed by atoms with Crippen molar-refractivity contribution in [2.24, 2.45) is 5.92 Å². The molecule has 1 N–H and O–H groups in total. The first kappa shape index (κ1) is 18.3. The number of nitrogens with zero attached hydrogens (tertiary/aromatic N) is 2. The minimum atomic E-state index is 0.188. The number of para-hydroxylation sites is 1. The third kappa shape index (κ3) is 4.39. The lowest BCUT2D eigenvalue weighted by atomic mass is 9.88. The van der Waals surface area contributed by atoms with E-state index >= 15 is 0 Å². The van der Waals surface area contributed by atoms with Crippen LogP contribution in [0.2, 0.25) is 0 Å². The average Bonchev–Trinajstić information content (AvgIpc) is 3.04. The summed E-state index contributed by atoms with van der Waals surface area (Å²) in [6, 6.07) is 6.27. The molecule has 0 saturated heterocycles. The third-order valence-electron chi connectivity index (χ3n) is 5.12. The van der Waals surface area contributed by atoms with Gasteiger partial charge in [0, 0.05) is 18.9 Å². The van der Waals surface area contributed by atoms with E-state index in [4.69, 9.17) is 4.98 Å². The number of rotatable bonds is 6. The molecule has 0 spiro atoms. The van der Waals surface area contributed by atoms with E-state index in [9.17, 15) is 4.79 Å². The number of carbonyl (C=O) groups excluding carboxylic acids is 1. The van der Waals surface area contributed by atoms with Crippen LogP contribution < -0.4 is 9.80 Å². The summed E-state index contributed by atoms with van der Waals surface area (Å²) in [5.74, 6) is 0.485. The second-order valence-corrected chi connectivity index (χ2v) is 8.56. The highest BCUT2D eigenvalue weighted by Crippen LogP contribution is 2.33. The van der Waals surface area contributed by atoms with E-state index in [1.54, 1.807) is 11.3 Å². The predicted molar refractivity (Wildman–Crippen MR) is 106 cm³/mol. The Morgan fingerprint density at radius 3 is 2.72 bits per heavy atom. The van der Waals surface area contributed by atoms with E-state index in [0.717, 1.165) is 43.0 Å². The van der Waals surface area contributed by atoms with Gasteiger partial charge in [0.25, 0.3) is 0 Å². The normalized spacial score (nSPS) is 15.8. The van der Waals surface area contributed by atoms with Gasteiger partial charge < -0.3 is 4.90 Å². The van der Waals surface area contributed by atoms with Crippen molar-refractivity contribution in [1.29, 1.82) is 0 Å². The molecule has 0 aliphatic heterocycles. The van der Waals surface area contributed by atoms with Gasteiger partial charge in [-0.3, -0.25) is 9.69 Å². The summed E-state index contributed by atoms with van der Waals surface area (Å²) in [4.78, 5) is 21.5. The van der Waals surface area contributed by atoms with E-state index in [-0.39, 0.29) is 5.92 Å². The first-order chi connectivity index (χ1) is 12.1. The van der Waals surface area contributed by atoms with Crippen LogP contribution in [0.15, 0.2) is 18.2 Å². The molecule has 136 valence electrons. The van der Waals surface area contributed by atoms with Gasteiger partial charge in [-0.15, -0.1) is 0 Å². The van der Waals surface area contributed by atoms with E-state index in [0.29, 0.717) is 5.91 Å². The fourth-order valence-corrected chi connectivity index (χ4v) is 4.73. The van der Waals surface area contributed by atoms with Gasteiger partial charge in [-0.25, -0.2) is 4.98 Å². The maximum Gasteiger partial charge on any atom is 0.231 e. The molecule has 1 aliphatic carbocycles. The lowest BCUT2D eigenvalue weighted by Gasteiger charge is -2.27. The van der Waals surface area contributed by atoms with Crippen LogP contribution in [0, 0.1) is 12.8 Å². The molecule has 25 heavy (non-hydrogen) atoms. The molecule has 0 unspecified atom stereocenters. The first-order valence-electron chi connectivity index (χ1n) is 9.53. The van der Waals surface area contributed by atoms with Crippen molar-refractivity contribution >= 4 is 32.6 Å². The predicted octanol–water partition coefficient (Wildman–Crippen LogP) is 3.05. The Morgan fingerprint density at radius 2 is 2.04 bits per heavy atom. The van der Waals surface area contributed by atoms with Crippen LogP contribution in [-0.2, 0) is 4.79 Å². The number of aromatic nitrogens is 1. The summed E-state index contributed by atoms with van der Waals surface area (Å²) in [7, 11) is 4.32. The minimum absolute atomic E-state index is 0.188. The SMILES string of the molecule is Cc1cccc2sc(N(CCC[NH+](C)C)C(=O)C3CCCCC3)nc12. The van der Waals surface area contributed by atoms with Gasteiger partial charge in [0.1, 0.15) is 0 Å². The van der Waals surface area contributed by atoms with Crippen LogP contribution >= 0.6 is 11.3 Å². The molecule has 4 nitrogen and oxygen atoms in total. The zero-order valence-corrected chi connectivity index (χ0v) is 16.5. The molecule has 1 aromatic heterocycles. The molecule has 5 heteroatoms. The summed E-state index contributed by atoms with van der Waals surface area (Å²) in [6.07, 6.45) is 6.73. The number of anilines is 1. The van der Waals surface area contributed by atoms with E-state index < -0.39 is 0 Å². The van der Waals surface area contributed by atoms with E-state index in [1.807, 2.05) is 4.90 Å². The highest BCUT2D eigenvalue weighted by atomic mass is 32.1. The number of aryl methyl sites for hydroxylation is 1. The average molecular weight is 361 g/mol. The molecule has 1 saturated carbocycles. The Balaban J connectivity index is 1.85. The lowest BCUT2D eigenvalue weighted by Crippen LogP contribution is -3.05. The number of hydrogen-bond donors (Lipinski definition) is 1. The van der Waals surface area contributed by atoms with Gasteiger partial charge in [-0.1, -0.05) is 42.7 Å². The highest BCUT2D eigenvalue weighted by Gasteiger charge is 2.28. The van der Waals surface area contributed by atoms with Gasteiger partial charge in [0.15, 0.2) is 5.13 Å². The van der Waals surface area contributed by atoms with Crippen molar-refractivity contribution in [3.8, 4) is 0 Å². The number of hydrogen-bond acceptors (Lipinski definition) is 3. The largest absolute Gasteiger partial charge is 0.340 e. The van der Waals surface area contributed by atoms with Gasteiger partial charge in [-0.2, -0.15) is 0 Å². The summed E-state index contributed by atoms with van der Waals surface area (Å²) in [5.41, 5.74) is 2.23. The number of thiazole rings is 1. The zero-order chi connectivity index (χ0) is 17.8. The maximum atomic E-state index is 13.2. The van der Waals surface area contributed by atoms with Crippen LogP contribution in [0.3, 0.4) is 0 Å². The highest BCUT2D eigenvalue weighted by molar-refractivity contribution is 7.22. The number of benzene rings is 1. The Labute approximate surface area is 154 Å². The standard InChI is InChI=1S/C20H29N3OS/c1-15-9-7-12-17-18(15)21-20(25-17)23(14-8-13-22(2)3)19(24)16-10-5-4-6-11-16/h7,9,12,16H,4-6,8,10-11,13-14H2,1-3H3/p+1. The van der Waals surface area contributed by atoms with Crippen LogP contribution in [-0.4, -0.2) is 38.1 Å². The van der Waals surface area contributed by atoms with Crippen LogP contribution in [0.25, 0.3) is 10.2 Å². The molecule has 1 aliphatic rings. The topological polar surface area (TPSA) is 37.6 Å². The monoisotopic (exact) mass is 360 g/mol.